The normalized spacial score (nSPS) is 17.8. The number of aliphatic carboxylic acids is 1. The van der Waals surface area contributed by atoms with Gasteiger partial charge < -0.3 is 20.4 Å². The Morgan fingerprint density at radius 3 is 2.22 bits per heavy atom. The van der Waals surface area contributed by atoms with Gasteiger partial charge in [0.2, 0.25) is 0 Å². The van der Waals surface area contributed by atoms with Gasteiger partial charge in [0.15, 0.2) is 5.78 Å². The third-order valence-electron chi connectivity index (χ3n) is 2.86. The number of carboxylic acids is 1. The third-order valence-corrected chi connectivity index (χ3v) is 2.86. The van der Waals surface area contributed by atoms with Gasteiger partial charge in [0.05, 0.1) is 13.2 Å². The van der Waals surface area contributed by atoms with Crippen molar-refractivity contribution >= 4 is 11.8 Å². The molecule has 0 unspecified atom stereocenters. The number of nitrogens with one attached hydrogen (secondary N) is 1. The first kappa shape index (κ1) is 17.0. The van der Waals surface area contributed by atoms with Gasteiger partial charge in [-0.1, -0.05) is 20.3 Å². The summed E-state index contributed by atoms with van der Waals surface area (Å²) in [5.41, 5.74) is 0. The predicted molar refractivity (Wildman–Crippen MR) is 63.0 cm³/mol. The second kappa shape index (κ2) is 8.15. The summed E-state index contributed by atoms with van der Waals surface area (Å²) in [4.78, 5) is 22.4. The lowest BCUT2D eigenvalue weighted by Gasteiger charge is -2.21. The number of carbonyl (C=O) groups is 2. The molecular weight excluding hydrogens is 242 g/mol. The first-order valence-electron chi connectivity index (χ1n) is 5.81. The standard InChI is InChI=1S/C11H21NO6/c1-3-6(2)9(11(17)18)12-4-7(14)10(16)8(15)5-13/h6,8-10,12-13,15-16H,3-5H2,1-2H3,(H,17,18)/t6-,8+,9-,10+/m0/s1. The monoisotopic (exact) mass is 263 g/mol. The fraction of sp³-hybridized carbons (Fsp3) is 0.818. The number of carbonyl (C=O) groups excluding carboxylic acids is 1. The summed E-state index contributed by atoms with van der Waals surface area (Å²) in [5, 5.41) is 38.4. The van der Waals surface area contributed by atoms with Crippen LogP contribution in [0.1, 0.15) is 20.3 Å². The number of Topliss-reactive ketones (excluding diaryl/α,β-unsaturated/α-hetero) is 1. The molecule has 0 saturated carbocycles. The highest BCUT2D eigenvalue weighted by molar-refractivity contribution is 5.86. The van der Waals surface area contributed by atoms with Gasteiger partial charge in [0.25, 0.3) is 0 Å². The molecule has 0 amide bonds. The highest BCUT2D eigenvalue weighted by Gasteiger charge is 2.27. The largest absolute Gasteiger partial charge is 0.480 e. The molecule has 0 heterocycles. The van der Waals surface area contributed by atoms with Gasteiger partial charge in [-0.25, -0.2) is 0 Å². The van der Waals surface area contributed by atoms with Crippen LogP contribution in [0.4, 0.5) is 0 Å². The van der Waals surface area contributed by atoms with Gasteiger partial charge in [-0.05, 0) is 5.92 Å². The van der Waals surface area contributed by atoms with Crippen LogP contribution < -0.4 is 5.32 Å². The molecule has 7 nitrogen and oxygen atoms in total. The van der Waals surface area contributed by atoms with Crippen LogP contribution >= 0.6 is 0 Å². The Bertz CT molecular complexity index is 283. The molecule has 18 heavy (non-hydrogen) atoms. The summed E-state index contributed by atoms with van der Waals surface area (Å²) >= 11 is 0. The third kappa shape index (κ3) is 5.09. The number of aliphatic hydroxyl groups excluding tert-OH is 3. The lowest BCUT2D eigenvalue weighted by molar-refractivity contribution is -0.141. The van der Waals surface area contributed by atoms with Crippen molar-refractivity contribution in [1.82, 2.24) is 5.32 Å². The number of hydrogen-bond donors (Lipinski definition) is 5. The highest BCUT2D eigenvalue weighted by Crippen LogP contribution is 2.07. The van der Waals surface area contributed by atoms with Crippen LogP contribution in [-0.2, 0) is 9.59 Å². The Morgan fingerprint density at radius 2 is 1.83 bits per heavy atom. The minimum atomic E-state index is -1.71. The van der Waals surface area contributed by atoms with Crippen LogP contribution in [0.15, 0.2) is 0 Å². The van der Waals surface area contributed by atoms with Crippen molar-refractivity contribution in [2.75, 3.05) is 13.2 Å². The second-order valence-corrected chi connectivity index (χ2v) is 4.24. The zero-order chi connectivity index (χ0) is 14.3. The minimum Gasteiger partial charge on any atom is -0.480 e. The van der Waals surface area contributed by atoms with Crippen molar-refractivity contribution in [3.63, 3.8) is 0 Å². The summed E-state index contributed by atoms with van der Waals surface area (Å²) < 4.78 is 0. The molecule has 0 aromatic rings. The number of rotatable bonds is 9. The van der Waals surface area contributed by atoms with E-state index in [1.165, 1.54) is 0 Å². The van der Waals surface area contributed by atoms with Crippen LogP contribution in [0, 0.1) is 5.92 Å². The average Bonchev–Trinajstić information content (AvgIpc) is 2.35. The van der Waals surface area contributed by atoms with Gasteiger partial charge in [0.1, 0.15) is 18.2 Å². The van der Waals surface area contributed by atoms with Crippen molar-refractivity contribution < 1.29 is 30.0 Å². The van der Waals surface area contributed by atoms with Crippen molar-refractivity contribution in [2.24, 2.45) is 5.92 Å². The van der Waals surface area contributed by atoms with E-state index in [-0.39, 0.29) is 12.5 Å². The van der Waals surface area contributed by atoms with Crippen molar-refractivity contribution in [2.45, 2.75) is 38.5 Å². The molecule has 0 spiro atoms. The molecule has 0 aromatic carbocycles. The fourth-order valence-corrected chi connectivity index (χ4v) is 1.40. The number of ketones is 1. The van der Waals surface area contributed by atoms with E-state index in [4.69, 9.17) is 15.3 Å². The summed E-state index contributed by atoms with van der Waals surface area (Å²) in [6.07, 6.45) is -2.64. The maximum absolute atomic E-state index is 11.4. The summed E-state index contributed by atoms with van der Waals surface area (Å²) in [6.45, 7) is 2.45. The molecule has 4 atom stereocenters. The quantitative estimate of drug-likeness (QED) is 0.337. The van der Waals surface area contributed by atoms with Crippen molar-refractivity contribution in [3.05, 3.63) is 0 Å². The number of aliphatic hydroxyl groups is 3. The summed E-state index contributed by atoms with van der Waals surface area (Å²) in [7, 11) is 0. The van der Waals surface area contributed by atoms with Crippen molar-refractivity contribution in [3.8, 4) is 0 Å². The zero-order valence-electron chi connectivity index (χ0n) is 10.5. The van der Waals surface area contributed by atoms with Crippen LogP contribution in [0.5, 0.6) is 0 Å². The number of hydrogen-bond acceptors (Lipinski definition) is 6. The zero-order valence-corrected chi connectivity index (χ0v) is 10.5. The first-order valence-corrected chi connectivity index (χ1v) is 5.81. The van der Waals surface area contributed by atoms with E-state index in [1.54, 1.807) is 6.92 Å². The van der Waals surface area contributed by atoms with Gasteiger partial charge in [-0.2, -0.15) is 0 Å². The molecule has 106 valence electrons. The average molecular weight is 263 g/mol. The van der Waals surface area contributed by atoms with E-state index >= 15 is 0 Å². The van der Waals surface area contributed by atoms with Gasteiger partial charge in [-0.15, -0.1) is 0 Å². The molecule has 0 aliphatic rings. The highest BCUT2D eigenvalue weighted by atomic mass is 16.4. The summed E-state index contributed by atoms with van der Waals surface area (Å²) in [5.74, 6) is -2.00. The Labute approximate surface area is 105 Å². The summed E-state index contributed by atoms with van der Waals surface area (Å²) in [6, 6.07) is -0.891. The Balaban J connectivity index is 4.36. The van der Waals surface area contributed by atoms with Crippen LogP contribution in [0.2, 0.25) is 0 Å². The fourth-order valence-electron chi connectivity index (χ4n) is 1.40. The second-order valence-electron chi connectivity index (χ2n) is 4.24. The van der Waals surface area contributed by atoms with Crippen LogP contribution in [0.3, 0.4) is 0 Å². The maximum atomic E-state index is 11.4. The molecule has 7 heteroatoms. The van der Waals surface area contributed by atoms with E-state index < -0.39 is 36.6 Å². The van der Waals surface area contributed by atoms with Crippen molar-refractivity contribution in [1.29, 1.82) is 0 Å². The molecule has 0 saturated heterocycles. The maximum Gasteiger partial charge on any atom is 0.320 e. The molecule has 0 aliphatic heterocycles. The molecule has 0 bridgehead atoms. The van der Waals surface area contributed by atoms with Gasteiger partial charge in [0, 0.05) is 0 Å². The Hall–Kier alpha value is -1.02. The molecular formula is C11H21NO6. The minimum absolute atomic E-state index is 0.171. The van der Waals surface area contributed by atoms with Crippen LogP contribution in [0.25, 0.3) is 0 Å². The van der Waals surface area contributed by atoms with E-state index in [0.717, 1.165) is 0 Å². The smallest absolute Gasteiger partial charge is 0.320 e. The van der Waals surface area contributed by atoms with E-state index in [9.17, 15) is 14.7 Å². The Morgan fingerprint density at radius 1 is 1.28 bits per heavy atom. The topological polar surface area (TPSA) is 127 Å². The molecule has 0 fully saturated rings. The van der Waals surface area contributed by atoms with Crippen LogP contribution in [-0.4, -0.2) is 63.6 Å². The van der Waals surface area contributed by atoms with E-state index in [1.807, 2.05) is 6.92 Å². The molecule has 0 aliphatic carbocycles. The van der Waals surface area contributed by atoms with E-state index in [0.29, 0.717) is 6.42 Å². The SMILES string of the molecule is CC[C@H](C)[C@H](NCC(=O)[C@@H](O)[C@H](O)CO)C(=O)O. The predicted octanol–water partition coefficient (Wildman–Crippen LogP) is -1.64. The molecule has 0 aromatic heterocycles. The van der Waals surface area contributed by atoms with Gasteiger partial charge in [-0.3, -0.25) is 14.9 Å². The number of carboxylic acid groups (broad SMARTS) is 1. The van der Waals surface area contributed by atoms with E-state index in [2.05, 4.69) is 5.32 Å². The molecule has 5 N–H and O–H groups in total. The lowest BCUT2D eigenvalue weighted by Crippen LogP contribution is -2.48. The lowest BCUT2D eigenvalue weighted by atomic mass is 9.99. The first-order chi connectivity index (χ1) is 8.34. The molecule has 0 rings (SSSR count). The molecule has 0 radical (unpaired) electrons. The Kier molecular flexibility index (Phi) is 7.69. The van der Waals surface area contributed by atoms with Gasteiger partial charge >= 0.3 is 5.97 Å².